The summed E-state index contributed by atoms with van der Waals surface area (Å²) in [5.41, 5.74) is 2.52. The minimum atomic E-state index is 0.463. The number of thiophene rings is 1. The second-order valence-electron chi connectivity index (χ2n) is 4.87. The lowest BCUT2D eigenvalue weighted by molar-refractivity contribution is 0.617. The zero-order valence-electron chi connectivity index (χ0n) is 12.0. The van der Waals surface area contributed by atoms with Crippen LogP contribution in [0.5, 0.6) is 0 Å². The van der Waals surface area contributed by atoms with E-state index in [0.29, 0.717) is 5.95 Å². The van der Waals surface area contributed by atoms with E-state index in [2.05, 4.69) is 27.6 Å². The first-order valence-corrected chi connectivity index (χ1v) is 8.19. The number of hydrogen-bond acceptors (Lipinski definition) is 6. The van der Waals surface area contributed by atoms with E-state index in [-0.39, 0.29) is 0 Å². The summed E-state index contributed by atoms with van der Waals surface area (Å²) in [5, 5.41) is 6.49. The predicted molar refractivity (Wildman–Crippen MR) is 87.1 cm³/mol. The second kappa shape index (κ2) is 8.01. The van der Waals surface area contributed by atoms with Crippen molar-refractivity contribution in [3.63, 3.8) is 0 Å². The first-order chi connectivity index (χ1) is 9.85. The van der Waals surface area contributed by atoms with Gasteiger partial charge in [0.05, 0.1) is 5.39 Å². The lowest BCUT2D eigenvalue weighted by atomic mass is 10.1. The molecule has 0 saturated heterocycles. The largest absolute Gasteiger partial charge is 0.369 e. The number of aromatic nitrogens is 2. The summed E-state index contributed by atoms with van der Waals surface area (Å²) in [4.78, 5) is 9.67. The Morgan fingerprint density at radius 2 is 1.95 bits per heavy atom. The van der Waals surface area contributed by atoms with E-state index in [0.717, 1.165) is 22.6 Å². The fourth-order valence-corrected chi connectivity index (χ4v) is 2.93. The average Bonchev–Trinajstić information content (AvgIpc) is 2.94. The number of nitrogens with one attached hydrogen (secondary N) is 2. The quantitative estimate of drug-likeness (QED) is 0.373. The fraction of sp³-hybridized carbons (Fsp3) is 0.571. The van der Waals surface area contributed by atoms with Crippen LogP contribution in [-0.2, 0) is 0 Å². The Morgan fingerprint density at radius 1 is 1.15 bits per heavy atom. The molecule has 4 N–H and O–H groups in total. The third kappa shape index (κ3) is 4.05. The molecule has 0 amide bonds. The minimum absolute atomic E-state index is 0.463. The Hall–Kier alpha value is -1.40. The van der Waals surface area contributed by atoms with Crippen molar-refractivity contribution in [1.82, 2.24) is 9.97 Å². The number of nitrogens with two attached hydrogens (primary N) is 1. The summed E-state index contributed by atoms with van der Waals surface area (Å²) >= 11 is 1.60. The average molecular weight is 293 g/mol. The van der Waals surface area contributed by atoms with Gasteiger partial charge in [-0.3, -0.25) is 5.43 Å². The molecule has 2 aromatic heterocycles. The monoisotopic (exact) mass is 293 g/mol. The molecule has 6 heteroatoms. The van der Waals surface area contributed by atoms with Gasteiger partial charge in [0.25, 0.3) is 0 Å². The van der Waals surface area contributed by atoms with Crippen LogP contribution >= 0.6 is 11.3 Å². The highest BCUT2D eigenvalue weighted by Gasteiger charge is 2.07. The zero-order valence-corrected chi connectivity index (χ0v) is 12.8. The van der Waals surface area contributed by atoms with Gasteiger partial charge in [-0.15, -0.1) is 11.3 Å². The number of hydrogen-bond donors (Lipinski definition) is 3. The molecule has 2 aromatic rings. The molecule has 110 valence electrons. The normalized spacial score (nSPS) is 10.9. The first-order valence-electron chi connectivity index (χ1n) is 7.31. The maximum Gasteiger partial charge on any atom is 0.240 e. The van der Waals surface area contributed by atoms with Crippen molar-refractivity contribution in [2.24, 2.45) is 5.84 Å². The van der Waals surface area contributed by atoms with Crippen LogP contribution in [0, 0.1) is 0 Å². The Kier molecular flexibility index (Phi) is 6.01. The minimum Gasteiger partial charge on any atom is -0.369 e. The summed E-state index contributed by atoms with van der Waals surface area (Å²) in [6, 6.07) is 2.05. The highest BCUT2D eigenvalue weighted by atomic mass is 32.1. The standard InChI is InChI=1S/C14H23N5S/c1-2-3-4-5-6-7-9-16-12-11-8-10-20-13(11)18-14(17-12)19-15/h8,10H,2-7,9,15H2,1H3,(H2,16,17,18,19). The van der Waals surface area contributed by atoms with Gasteiger partial charge in [-0.05, 0) is 17.9 Å². The summed E-state index contributed by atoms with van der Waals surface area (Å²) in [6.45, 7) is 3.18. The Morgan fingerprint density at radius 3 is 2.75 bits per heavy atom. The van der Waals surface area contributed by atoms with Crippen molar-refractivity contribution in [2.45, 2.75) is 45.4 Å². The number of unbranched alkanes of at least 4 members (excludes halogenated alkanes) is 5. The van der Waals surface area contributed by atoms with Gasteiger partial charge in [0, 0.05) is 6.54 Å². The van der Waals surface area contributed by atoms with Crippen LogP contribution in [0.25, 0.3) is 10.2 Å². The van der Waals surface area contributed by atoms with E-state index in [1.165, 1.54) is 38.5 Å². The van der Waals surface area contributed by atoms with Crippen LogP contribution in [0.4, 0.5) is 11.8 Å². The number of anilines is 2. The lowest BCUT2D eigenvalue weighted by Crippen LogP contribution is -2.12. The van der Waals surface area contributed by atoms with Crippen LogP contribution in [0.2, 0.25) is 0 Å². The van der Waals surface area contributed by atoms with Crippen molar-refractivity contribution in [1.29, 1.82) is 0 Å². The van der Waals surface area contributed by atoms with Crippen molar-refractivity contribution in [3.05, 3.63) is 11.4 Å². The molecule has 0 saturated carbocycles. The van der Waals surface area contributed by atoms with Gasteiger partial charge in [0.2, 0.25) is 5.95 Å². The summed E-state index contributed by atoms with van der Waals surface area (Å²) in [6.07, 6.45) is 7.75. The highest BCUT2D eigenvalue weighted by molar-refractivity contribution is 7.16. The van der Waals surface area contributed by atoms with E-state index in [9.17, 15) is 0 Å². The van der Waals surface area contributed by atoms with Gasteiger partial charge >= 0.3 is 0 Å². The van der Waals surface area contributed by atoms with Crippen molar-refractivity contribution >= 4 is 33.3 Å². The maximum atomic E-state index is 5.40. The molecule has 0 aliphatic heterocycles. The molecule has 0 radical (unpaired) electrons. The molecule has 2 rings (SSSR count). The molecule has 0 fully saturated rings. The number of nitrogen functional groups attached to an aromatic ring is 1. The van der Waals surface area contributed by atoms with Crippen LogP contribution < -0.4 is 16.6 Å². The molecule has 20 heavy (non-hydrogen) atoms. The van der Waals surface area contributed by atoms with Crippen LogP contribution in [0.15, 0.2) is 11.4 Å². The molecule has 0 bridgehead atoms. The van der Waals surface area contributed by atoms with Crippen molar-refractivity contribution in [2.75, 3.05) is 17.3 Å². The molecule has 2 heterocycles. The number of nitrogens with zero attached hydrogens (tertiary/aromatic N) is 2. The first kappa shape index (κ1) is 15.0. The maximum absolute atomic E-state index is 5.40. The second-order valence-corrected chi connectivity index (χ2v) is 5.77. The molecule has 0 aromatic carbocycles. The van der Waals surface area contributed by atoms with Gasteiger partial charge in [0.15, 0.2) is 0 Å². The molecule has 5 nitrogen and oxygen atoms in total. The summed E-state index contributed by atoms with van der Waals surface area (Å²) in [7, 11) is 0. The molecular weight excluding hydrogens is 270 g/mol. The predicted octanol–water partition coefficient (Wildman–Crippen LogP) is 3.75. The third-order valence-corrected chi connectivity index (χ3v) is 4.08. The van der Waals surface area contributed by atoms with Crippen LogP contribution in [0.3, 0.4) is 0 Å². The molecule has 0 spiro atoms. The Bertz CT molecular complexity index is 525. The third-order valence-electron chi connectivity index (χ3n) is 3.28. The summed E-state index contributed by atoms with van der Waals surface area (Å²) in [5.74, 6) is 6.74. The fourth-order valence-electron chi connectivity index (χ4n) is 2.17. The van der Waals surface area contributed by atoms with E-state index in [1.807, 2.05) is 11.4 Å². The van der Waals surface area contributed by atoms with E-state index in [1.54, 1.807) is 11.3 Å². The Balaban J connectivity index is 1.84. The number of hydrazine groups is 1. The van der Waals surface area contributed by atoms with Gasteiger partial charge < -0.3 is 5.32 Å². The van der Waals surface area contributed by atoms with Crippen molar-refractivity contribution < 1.29 is 0 Å². The van der Waals surface area contributed by atoms with Gasteiger partial charge in [-0.2, -0.15) is 4.98 Å². The zero-order chi connectivity index (χ0) is 14.2. The van der Waals surface area contributed by atoms with E-state index >= 15 is 0 Å². The topological polar surface area (TPSA) is 75.9 Å². The highest BCUT2D eigenvalue weighted by Crippen LogP contribution is 2.26. The SMILES string of the molecule is CCCCCCCCNc1nc(NN)nc2sccc12. The smallest absolute Gasteiger partial charge is 0.240 e. The molecular formula is C14H23N5S. The molecule has 0 aliphatic rings. The number of rotatable bonds is 9. The lowest BCUT2D eigenvalue weighted by Gasteiger charge is -2.08. The van der Waals surface area contributed by atoms with Gasteiger partial charge in [-0.25, -0.2) is 10.8 Å². The Labute approximate surface area is 124 Å². The molecule has 0 atom stereocenters. The van der Waals surface area contributed by atoms with Gasteiger partial charge in [-0.1, -0.05) is 39.0 Å². The van der Waals surface area contributed by atoms with Crippen LogP contribution in [-0.4, -0.2) is 16.5 Å². The van der Waals surface area contributed by atoms with E-state index < -0.39 is 0 Å². The van der Waals surface area contributed by atoms with Gasteiger partial charge in [0.1, 0.15) is 10.6 Å². The van der Waals surface area contributed by atoms with E-state index in [4.69, 9.17) is 5.84 Å². The number of fused-ring (bicyclic) bond motifs is 1. The van der Waals surface area contributed by atoms with Crippen LogP contribution in [0.1, 0.15) is 45.4 Å². The summed E-state index contributed by atoms with van der Waals surface area (Å²) < 4.78 is 0. The molecule has 0 unspecified atom stereocenters. The van der Waals surface area contributed by atoms with Crippen molar-refractivity contribution in [3.8, 4) is 0 Å². The molecule has 0 aliphatic carbocycles.